The molecule has 2 nitrogen and oxygen atoms in total. The Morgan fingerprint density at radius 3 is 2.31 bits per heavy atom. The lowest BCUT2D eigenvalue weighted by atomic mass is 10.1. The lowest BCUT2D eigenvalue weighted by Crippen LogP contribution is -2.33. The van der Waals surface area contributed by atoms with E-state index < -0.39 is 0 Å². The van der Waals surface area contributed by atoms with Crippen LogP contribution in [0.25, 0.3) is 0 Å². The number of likely N-dealkylation sites (tertiary alicyclic amines) is 1. The second kappa shape index (κ2) is 4.97. The molecule has 1 saturated heterocycles. The van der Waals surface area contributed by atoms with E-state index in [1.807, 2.05) is 0 Å². The van der Waals surface area contributed by atoms with Crippen LogP contribution in [0.1, 0.15) is 44.9 Å². The van der Waals surface area contributed by atoms with E-state index in [-0.39, 0.29) is 0 Å². The third-order valence-electron chi connectivity index (χ3n) is 3.24. The topological polar surface area (TPSA) is 12.5 Å². The largest absolute Gasteiger partial charge is 0.363 e. The van der Waals surface area contributed by atoms with Crippen LogP contribution in [-0.2, 0) is 4.74 Å². The van der Waals surface area contributed by atoms with E-state index >= 15 is 0 Å². The minimum absolute atomic E-state index is 0.585. The molecule has 1 aliphatic carbocycles. The molecule has 13 heavy (non-hydrogen) atoms. The van der Waals surface area contributed by atoms with Crippen molar-refractivity contribution in [2.75, 3.05) is 19.8 Å². The van der Waals surface area contributed by atoms with Crippen LogP contribution in [0.15, 0.2) is 0 Å². The predicted molar refractivity (Wildman–Crippen MR) is 53.6 cm³/mol. The van der Waals surface area contributed by atoms with E-state index in [1.165, 1.54) is 58.0 Å². The van der Waals surface area contributed by atoms with Gasteiger partial charge in [-0.25, -0.2) is 0 Å². The molecule has 2 rings (SSSR count). The zero-order chi connectivity index (χ0) is 8.93. The fraction of sp³-hybridized carbons (Fsp3) is 1.00. The lowest BCUT2D eigenvalue weighted by Gasteiger charge is -2.27. The van der Waals surface area contributed by atoms with Crippen LogP contribution in [0, 0.1) is 0 Å². The van der Waals surface area contributed by atoms with Gasteiger partial charge in [0.1, 0.15) is 0 Å². The van der Waals surface area contributed by atoms with Crippen molar-refractivity contribution >= 4 is 0 Å². The molecule has 2 fully saturated rings. The molecule has 2 heteroatoms. The predicted octanol–water partition coefficient (Wildman–Crippen LogP) is 2.39. The number of hydrogen-bond donors (Lipinski definition) is 0. The Bertz CT molecular complexity index is 137. The van der Waals surface area contributed by atoms with Crippen molar-refractivity contribution in [3.63, 3.8) is 0 Å². The summed E-state index contributed by atoms with van der Waals surface area (Å²) < 4.78 is 5.87. The first kappa shape index (κ1) is 9.47. The van der Waals surface area contributed by atoms with Crippen LogP contribution < -0.4 is 0 Å². The summed E-state index contributed by atoms with van der Waals surface area (Å²) in [6.07, 6.45) is 10.1. The van der Waals surface area contributed by atoms with Gasteiger partial charge in [-0.3, -0.25) is 4.90 Å². The molecular weight excluding hydrogens is 162 g/mol. The van der Waals surface area contributed by atoms with Crippen LogP contribution in [0.4, 0.5) is 0 Å². The van der Waals surface area contributed by atoms with Crippen LogP contribution in [-0.4, -0.2) is 30.8 Å². The number of piperidine rings is 1. The summed E-state index contributed by atoms with van der Waals surface area (Å²) in [6, 6.07) is 0. The van der Waals surface area contributed by atoms with Crippen LogP contribution >= 0.6 is 0 Å². The summed E-state index contributed by atoms with van der Waals surface area (Å²) >= 11 is 0. The summed E-state index contributed by atoms with van der Waals surface area (Å²) in [5.41, 5.74) is 0. The third kappa shape index (κ3) is 2.96. The Kier molecular flexibility index (Phi) is 3.62. The van der Waals surface area contributed by atoms with Gasteiger partial charge in [0.2, 0.25) is 0 Å². The Balaban J connectivity index is 1.60. The van der Waals surface area contributed by atoms with E-state index in [4.69, 9.17) is 4.74 Å². The maximum absolute atomic E-state index is 5.87. The molecule has 0 aromatic rings. The van der Waals surface area contributed by atoms with Gasteiger partial charge in [-0.2, -0.15) is 0 Å². The minimum Gasteiger partial charge on any atom is -0.363 e. The van der Waals surface area contributed by atoms with Gasteiger partial charge in [-0.05, 0) is 25.7 Å². The summed E-state index contributed by atoms with van der Waals surface area (Å²) in [4.78, 5) is 2.46. The maximum Gasteiger partial charge on any atom is 0.0994 e. The molecule has 2 aliphatic rings. The highest BCUT2D eigenvalue weighted by atomic mass is 16.5. The van der Waals surface area contributed by atoms with E-state index in [0.29, 0.717) is 6.10 Å². The third-order valence-corrected chi connectivity index (χ3v) is 3.24. The van der Waals surface area contributed by atoms with Crippen LogP contribution in [0.3, 0.4) is 0 Å². The van der Waals surface area contributed by atoms with Gasteiger partial charge in [0.15, 0.2) is 0 Å². The number of nitrogens with zero attached hydrogens (tertiary/aromatic N) is 1. The highest BCUT2D eigenvalue weighted by molar-refractivity contribution is 4.67. The molecule has 0 atom stereocenters. The van der Waals surface area contributed by atoms with Crippen molar-refractivity contribution in [2.45, 2.75) is 51.0 Å². The van der Waals surface area contributed by atoms with Crippen LogP contribution in [0.5, 0.6) is 0 Å². The molecule has 1 saturated carbocycles. The molecule has 0 aromatic heterocycles. The molecule has 0 bridgehead atoms. The maximum atomic E-state index is 5.87. The molecule has 1 aliphatic heterocycles. The van der Waals surface area contributed by atoms with Crippen molar-refractivity contribution in [2.24, 2.45) is 0 Å². The minimum atomic E-state index is 0.585. The molecule has 0 unspecified atom stereocenters. The molecule has 0 spiro atoms. The van der Waals surface area contributed by atoms with Gasteiger partial charge in [0.25, 0.3) is 0 Å². The first-order valence-electron chi connectivity index (χ1n) is 5.79. The van der Waals surface area contributed by atoms with Crippen molar-refractivity contribution in [3.8, 4) is 0 Å². The summed E-state index contributed by atoms with van der Waals surface area (Å²) in [6.45, 7) is 3.41. The molecule has 0 aromatic carbocycles. The van der Waals surface area contributed by atoms with E-state index in [9.17, 15) is 0 Å². The molecule has 0 radical (unpaired) electrons. The van der Waals surface area contributed by atoms with Gasteiger partial charge in [0.05, 0.1) is 12.8 Å². The molecule has 76 valence electrons. The molecular formula is C11H21NO. The Labute approximate surface area is 81.3 Å². The van der Waals surface area contributed by atoms with E-state index in [2.05, 4.69) is 4.90 Å². The first-order chi connectivity index (χ1) is 6.45. The summed E-state index contributed by atoms with van der Waals surface area (Å²) in [7, 11) is 0. The van der Waals surface area contributed by atoms with Crippen molar-refractivity contribution in [1.29, 1.82) is 0 Å². The van der Waals surface area contributed by atoms with Gasteiger partial charge in [0, 0.05) is 13.1 Å². The van der Waals surface area contributed by atoms with Crippen molar-refractivity contribution in [1.82, 2.24) is 4.90 Å². The second-order valence-corrected chi connectivity index (χ2v) is 4.38. The molecule has 0 amide bonds. The summed E-state index contributed by atoms with van der Waals surface area (Å²) in [5, 5.41) is 0. The number of ether oxygens (including phenoxy) is 1. The number of hydrogen-bond acceptors (Lipinski definition) is 2. The van der Waals surface area contributed by atoms with E-state index in [0.717, 1.165) is 6.73 Å². The van der Waals surface area contributed by atoms with Crippen LogP contribution in [0.2, 0.25) is 0 Å². The summed E-state index contributed by atoms with van der Waals surface area (Å²) in [5.74, 6) is 0. The van der Waals surface area contributed by atoms with Gasteiger partial charge >= 0.3 is 0 Å². The van der Waals surface area contributed by atoms with Crippen molar-refractivity contribution < 1.29 is 4.74 Å². The standard InChI is InChI=1S/C11H21NO/c1-4-8-12(9-5-1)10-13-11-6-2-3-7-11/h11H,1-10H2. The normalized spacial score (nSPS) is 26.8. The van der Waals surface area contributed by atoms with Gasteiger partial charge < -0.3 is 4.74 Å². The Morgan fingerprint density at radius 2 is 1.62 bits per heavy atom. The number of rotatable bonds is 3. The lowest BCUT2D eigenvalue weighted by molar-refractivity contribution is -0.0256. The fourth-order valence-corrected chi connectivity index (χ4v) is 2.35. The van der Waals surface area contributed by atoms with Gasteiger partial charge in [-0.1, -0.05) is 19.3 Å². The molecule has 0 N–H and O–H groups in total. The average Bonchev–Trinajstić information content (AvgIpc) is 2.69. The Morgan fingerprint density at radius 1 is 0.923 bits per heavy atom. The average molecular weight is 183 g/mol. The highest BCUT2D eigenvalue weighted by Gasteiger charge is 2.17. The molecule has 1 heterocycles. The van der Waals surface area contributed by atoms with Gasteiger partial charge in [-0.15, -0.1) is 0 Å². The SMILES string of the molecule is C1CCN(COC2CCCC2)CC1. The smallest absolute Gasteiger partial charge is 0.0994 e. The second-order valence-electron chi connectivity index (χ2n) is 4.38. The fourth-order valence-electron chi connectivity index (χ4n) is 2.35. The van der Waals surface area contributed by atoms with Crippen molar-refractivity contribution in [3.05, 3.63) is 0 Å². The highest BCUT2D eigenvalue weighted by Crippen LogP contribution is 2.21. The first-order valence-corrected chi connectivity index (χ1v) is 5.79. The zero-order valence-electron chi connectivity index (χ0n) is 8.50. The Hall–Kier alpha value is -0.0800. The monoisotopic (exact) mass is 183 g/mol. The zero-order valence-corrected chi connectivity index (χ0v) is 8.50. The quantitative estimate of drug-likeness (QED) is 0.666. The van der Waals surface area contributed by atoms with E-state index in [1.54, 1.807) is 0 Å².